The number of piperazine rings is 1. The van der Waals surface area contributed by atoms with Gasteiger partial charge in [0.2, 0.25) is 5.91 Å². The highest BCUT2D eigenvalue weighted by Gasteiger charge is 2.24. The van der Waals surface area contributed by atoms with Crippen LogP contribution in [0.1, 0.15) is 11.1 Å². The fourth-order valence-electron chi connectivity index (χ4n) is 3.03. The van der Waals surface area contributed by atoms with E-state index in [1.165, 1.54) is 22.9 Å². The first kappa shape index (κ1) is 18.9. The summed E-state index contributed by atoms with van der Waals surface area (Å²) >= 11 is 1.14. The second kappa shape index (κ2) is 7.77. The molecule has 2 heterocycles. The van der Waals surface area contributed by atoms with Crippen molar-refractivity contribution >= 4 is 33.0 Å². The van der Waals surface area contributed by atoms with Gasteiger partial charge < -0.3 is 9.80 Å². The van der Waals surface area contributed by atoms with Gasteiger partial charge in [0.1, 0.15) is 4.21 Å². The van der Waals surface area contributed by atoms with Gasteiger partial charge in [0, 0.05) is 31.9 Å². The molecule has 0 unspecified atom stereocenters. The van der Waals surface area contributed by atoms with Crippen LogP contribution < -0.4 is 9.62 Å². The summed E-state index contributed by atoms with van der Waals surface area (Å²) in [5, 5.41) is 1.70. The molecule has 26 heavy (non-hydrogen) atoms. The van der Waals surface area contributed by atoms with Crippen molar-refractivity contribution in [2.75, 3.05) is 37.6 Å². The number of nitrogens with zero attached hydrogens (tertiary/aromatic N) is 2. The Morgan fingerprint density at radius 2 is 1.85 bits per heavy atom. The summed E-state index contributed by atoms with van der Waals surface area (Å²) in [6, 6.07) is 9.45. The molecule has 1 amide bonds. The Kier molecular flexibility index (Phi) is 5.64. The number of aryl methyl sites for hydroxylation is 1. The molecule has 1 aliphatic heterocycles. The average Bonchev–Trinajstić information content (AvgIpc) is 3.18. The van der Waals surface area contributed by atoms with Gasteiger partial charge in [0.25, 0.3) is 10.0 Å². The highest BCUT2D eigenvalue weighted by molar-refractivity contribution is 7.91. The predicted octanol–water partition coefficient (Wildman–Crippen LogP) is 1.99. The number of benzene rings is 1. The molecule has 1 fully saturated rings. The smallest absolute Gasteiger partial charge is 0.250 e. The van der Waals surface area contributed by atoms with Gasteiger partial charge in [-0.25, -0.2) is 13.1 Å². The van der Waals surface area contributed by atoms with Crippen LogP contribution in [0.5, 0.6) is 0 Å². The minimum absolute atomic E-state index is 0.189. The molecule has 0 spiro atoms. The van der Waals surface area contributed by atoms with Gasteiger partial charge in [0.15, 0.2) is 0 Å². The van der Waals surface area contributed by atoms with Gasteiger partial charge in [-0.1, -0.05) is 18.2 Å². The highest BCUT2D eigenvalue weighted by Crippen LogP contribution is 2.23. The van der Waals surface area contributed by atoms with Crippen LogP contribution >= 0.6 is 11.3 Å². The van der Waals surface area contributed by atoms with Crippen molar-refractivity contribution in [3.8, 4) is 0 Å². The van der Waals surface area contributed by atoms with E-state index in [2.05, 4.69) is 41.7 Å². The first-order chi connectivity index (χ1) is 12.4. The molecule has 3 rings (SSSR count). The number of hydrogen-bond acceptors (Lipinski definition) is 5. The van der Waals surface area contributed by atoms with Crippen molar-refractivity contribution in [2.24, 2.45) is 0 Å². The number of anilines is 1. The number of carbonyl (C=O) groups is 1. The topological polar surface area (TPSA) is 69.7 Å². The molecule has 8 heteroatoms. The number of amides is 1. The molecule has 1 N–H and O–H groups in total. The van der Waals surface area contributed by atoms with Crippen LogP contribution in [0.4, 0.5) is 5.69 Å². The van der Waals surface area contributed by atoms with E-state index < -0.39 is 10.0 Å². The van der Waals surface area contributed by atoms with E-state index in [0.717, 1.165) is 24.4 Å². The zero-order chi connectivity index (χ0) is 18.7. The fraction of sp³-hybridized carbons (Fsp3) is 0.389. The molecule has 2 aromatic rings. The van der Waals surface area contributed by atoms with Crippen molar-refractivity contribution in [1.29, 1.82) is 0 Å². The highest BCUT2D eigenvalue weighted by atomic mass is 32.2. The lowest BCUT2D eigenvalue weighted by molar-refractivity contribution is -0.130. The van der Waals surface area contributed by atoms with Gasteiger partial charge in [-0.2, -0.15) is 0 Å². The van der Waals surface area contributed by atoms with Gasteiger partial charge in [0.05, 0.1) is 6.54 Å². The van der Waals surface area contributed by atoms with Crippen LogP contribution in [0.2, 0.25) is 0 Å². The fourth-order valence-corrected chi connectivity index (χ4v) is 5.04. The summed E-state index contributed by atoms with van der Waals surface area (Å²) in [5.74, 6) is -0.189. The van der Waals surface area contributed by atoms with Crippen LogP contribution in [0.25, 0.3) is 0 Å². The third kappa shape index (κ3) is 4.08. The molecule has 1 aliphatic rings. The maximum absolute atomic E-state index is 12.4. The summed E-state index contributed by atoms with van der Waals surface area (Å²) in [6.45, 7) is 6.67. The quantitative estimate of drug-likeness (QED) is 0.844. The molecular weight excluding hydrogens is 370 g/mol. The lowest BCUT2D eigenvalue weighted by Gasteiger charge is -2.37. The first-order valence-electron chi connectivity index (χ1n) is 8.50. The molecule has 0 aliphatic carbocycles. The number of rotatable bonds is 5. The molecule has 140 valence electrons. The molecular formula is C18H23N3O3S2. The van der Waals surface area contributed by atoms with E-state index in [1.807, 2.05) is 0 Å². The van der Waals surface area contributed by atoms with Gasteiger partial charge in [-0.05, 0) is 42.5 Å². The lowest BCUT2D eigenvalue weighted by Crippen LogP contribution is -2.51. The van der Waals surface area contributed by atoms with Crippen LogP contribution in [-0.4, -0.2) is 51.9 Å². The van der Waals surface area contributed by atoms with E-state index in [4.69, 9.17) is 0 Å². The number of carbonyl (C=O) groups excluding carboxylic acids is 1. The monoisotopic (exact) mass is 393 g/mol. The van der Waals surface area contributed by atoms with Crippen LogP contribution in [-0.2, 0) is 14.8 Å². The Morgan fingerprint density at radius 3 is 2.50 bits per heavy atom. The average molecular weight is 394 g/mol. The Hall–Kier alpha value is -1.90. The molecule has 0 saturated carbocycles. The van der Waals surface area contributed by atoms with Gasteiger partial charge in [-0.3, -0.25) is 4.79 Å². The summed E-state index contributed by atoms with van der Waals surface area (Å²) in [5.41, 5.74) is 3.72. The number of nitrogens with one attached hydrogen (secondary N) is 1. The van der Waals surface area contributed by atoms with Crippen molar-refractivity contribution < 1.29 is 13.2 Å². The molecule has 6 nitrogen and oxygen atoms in total. The van der Waals surface area contributed by atoms with Crippen molar-refractivity contribution in [1.82, 2.24) is 9.62 Å². The maximum Gasteiger partial charge on any atom is 0.250 e. The van der Waals surface area contributed by atoms with Crippen molar-refractivity contribution in [3.05, 3.63) is 46.8 Å². The zero-order valence-electron chi connectivity index (χ0n) is 14.9. The molecule has 0 bridgehead atoms. The second-order valence-electron chi connectivity index (χ2n) is 6.34. The Bertz CT molecular complexity index is 871. The largest absolute Gasteiger partial charge is 0.368 e. The van der Waals surface area contributed by atoms with E-state index in [-0.39, 0.29) is 16.7 Å². The van der Waals surface area contributed by atoms with E-state index >= 15 is 0 Å². The standard InChI is InChI=1S/C18H23N3O3S2/c1-14-5-3-6-16(15(14)2)20-8-10-21(11-9-20)17(22)13-19-26(23,24)18-7-4-12-25-18/h3-7,12,19H,8-11,13H2,1-2H3. The Balaban J connectivity index is 1.55. The maximum atomic E-state index is 12.4. The molecule has 1 aromatic carbocycles. The van der Waals surface area contributed by atoms with Crippen LogP contribution in [0.3, 0.4) is 0 Å². The molecule has 0 atom stereocenters. The van der Waals surface area contributed by atoms with Crippen LogP contribution in [0, 0.1) is 13.8 Å². The lowest BCUT2D eigenvalue weighted by atomic mass is 10.1. The van der Waals surface area contributed by atoms with E-state index in [9.17, 15) is 13.2 Å². The minimum atomic E-state index is -3.60. The molecule has 1 aromatic heterocycles. The number of hydrogen-bond donors (Lipinski definition) is 1. The number of sulfonamides is 1. The van der Waals surface area contributed by atoms with E-state index in [1.54, 1.807) is 16.3 Å². The normalized spacial score (nSPS) is 15.3. The summed E-state index contributed by atoms with van der Waals surface area (Å²) in [4.78, 5) is 16.4. The van der Waals surface area contributed by atoms with E-state index in [0.29, 0.717) is 13.1 Å². The van der Waals surface area contributed by atoms with Crippen molar-refractivity contribution in [2.45, 2.75) is 18.1 Å². The third-order valence-corrected chi connectivity index (χ3v) is 7.52. The van der Waals surface area contributed by atoms with Crippen LogP contribution in [0.15, 0.2) is 39.9 Å². The third-order valence-electron chi connectivity index (χ3n) is 4.72. The molecule has 1 saturated heterocycles. The van der Waals surface area contributed by atoms with Gasteiger partial charge in [-0.15, -0.1) is 11.3 Å². The summed E-state index contributed by atoms with van der Waals surface area (Å²) in [6.07, 6.45) is 0. The van der Waals surface area contributed by atoms with Gasteiger partial charge >= 0.3 is 0 Å². The molecule has 0 radical (unpaired) electrons. The Morgan fingerprint density at radius 1 is 1.12 bits per heavy atom. The zero-order valence-corrected chi connectivity index (χ0v) is 16.6. The number of thiophene rings is 1. The summed E-state index contributed by atoms with van der Waals surface area (Å²) in [7, 11) is -3.60. The summed E-state index contributed by atoms with van der Waals surface area (Å²) < 4.78 is 26.8. The minimum Gasteiger partial charge on any atom is -0.368 e. The second-order valence-corrected chi connectivity index (χ2v) is 9.28. The SMILES string of the molecule is Cc1cccc(N2CCN(C(=O)CNS(=O)(=O)c3cccs3)CC2)c1C. The van der Waals surface area contributed by atoms with Crippen molar-refractivity contribution in [3.63, 3.8) is 0 Å². The Labute approximate surface area is 158 Å². The predicted molar refractivity (Wildman–Crippen MR) is 104 cm³/mol. The first-order valence-corrected chi connectivity index (χ1v) is 10.9.